The average molecular weight is 305 g/mol. The Kier molecular flexibility index (Phi) is 7.10. The van der Waals surface area contributed by atoms with Gasteiger partial charge in [0.2, 0.25) is 5.91 Å². The van der Waals surface area contributed by atoms with Crippen molar-refractivity contribution in [3.05, 3.63) is 0 Å². The van der Waals surface area contributed by atoms with Crippen LogP contribution in [0, 0.1) is 5.92 Å². The number of carbonyl (C=O) groups excluding carboxylic acids is 1. The molecule has 3 N–H and O–H groups in total. The maximum Gasteiger partial charge on any atom is 0.414 e. The first kappa shape index (κ1) is 18.5. The molecule has 0 aromatic heterocycles. The van der Waals surface area contributed by atoms with E-state index in [1.54, 1.807) is 6.92 Å². The molecule has 1 aliphatic rings. The molecule has 8 heteroatoms. The van der Waals surface area contributed by atoms with E-state index >= 15 is 0 Å². The van der Waals surface area contributed by atoms with Gasteiger partial charge in [0.05, 0.1) is 6.04 Å². The van der Waals surface area contributed by atoms with E-state index in [4.69, 9.17) is 10.8 Å². The molecule has 2 unspecified atom stereocenters. The number of hydrogen-bond acceptors (Lipinski definition) is 3. The van der Waals surface area contributed by atoms with Gasteiger partial charge in [0.15, 0.2) is 6.10 Å². The van der Waals surface area contributed by atoms with E-state index in [9.17, 15) is 18.0 Å². The second-order valence-electron chi connectivity index (χ2n) is 4.66. The van der Waals surface area contributed by atoms with Crippen molar-refractivity contribution >= 4 is 18.3 Å². The third kappa shape index (κ3) is 4.81. The summed E-state index contributed by atoms with van der Waals surface area (Å²) >= 11 is 0. The molecule has 4 nitrogen and oxygen atoms in total. The molecule has 0 radical (unpaired) electrons. The number of nitrogens with two attached hydrogens (primary N) is 1. The van der Waals surface area contributed by atoms with E-state index < -0.39 is 24.2 Å². The summed E-state index contributed by atoms with van der Waals surface area (Å²) in [5.74, 6) is -1.05. The first-order valence-electron chi connectivity index (χ1n) is 6.06. The van der Waals surface area contributed by atoms with Gasteiger partial charge >= 0.3 is 6.18 Å². The highest BCUT2D eigenvalue weighted by atomic mass is 35.5. The molecular weight excluding hydrogens is 285 g/mol. The normalized spacial score (nSPS) is 20.6. The number of aliphatic hydroxyl groups excluding tert-OH is 1. The van der Waals surface area contributed by atoms with Crippen LogP contribution in [-0.2, 0) is 4.79 Å². The summed E-state index contributed by atoms with van der Waals surface area (Å²) in [5.41, 5.74) is 5.59. The SMILES string of the molecule is CCC(N)C(=O)N1CCC(C(O)C(F)(F)F)CC1.Cl. The minimum Gasteiger partial charge on any atom is -0.383 e. The molecule has 114 valence electrons. The largest absolute Gasteiger partial charge is 0.414 e. The second kappa shape index (κ2) is 7.31. The zero-order valence-electron chi connectivity index (χ0n) is 10.7. The summed E-state index contributed by atoms with van der Waals surface area (Å²) in [6.07, 6.45) is -6.07. The second-order valence-corrected chi connectivity index (χ2v) is 4.66. The molecule has 0 spiro atoms. The van der Waals surface area contributed by atoms with Crippen molar-refractivity contribution < 1.29 is 23.1 Å². The molecule has 0 aromatic rings. The number of carbonyl (C=O) groups is 1. The van der Waals surface area contributed by atoms with Crippen LogP contribution in [0.5, 0.6) is 0 Å². The third-order valence-electron chi connectivity index (χ3n) is 3.39. The van der Waals surface area contributed by atoms with Crippen molar-refractivity contribution in [3.63, 3.8) is 0 Å². The Balaban J connectivity index is 0.00000324. The molecule has 1 rings (SSSR count). The van der Waals surface area contributed by atoms with E-state index in [2.05, 4.69) is 0 Å². The van der Waals surface area contributed by atoms with Gasteiger partial charge in [0, 0.05) is 13.1 Å². The summed E-state index contributed by atoms with van der Waals surface area (Å²) in [5, 5.41) is 9.14. The van der Waals surface area contributed by atoms with Gasteiger partial charge in [-0.1, -0.05) is 6.92 Å². The molecule has 0 aliphatic carbocycles. The first-order chi connectivity index (χ1) is 8.27. The molecule has 1 fully saturated rings. The highest BCUT2D eigenvalue weighted by Gasteiger charge is 2.44. The zero-order chi connectivity index (χ0) is 13.9. The van der Waals surface area contributed by atoms with Gasteiger partial charge in [0.25, 0.3) is 0 Å². The lowest BCUT2D eigenvalue weighted by atomic mass is 9.90. The average Bonchev–Trinajstić information content (AvgIpc) is 2.35. The molecule has 1 saturated heterocycles. The predicted octanol–water partition coefficient (Wildman–Crippen LogP) is 1.31. The lowest BCUT2D eigenvalue weighted by molar-refractivity contribution is -0.223. The van der Waals surface area contributed by atoms with Crippen LogP contribution >= 0.6 is 12.4 Å². The van der Waals surface area contributed by atoms with Gasteiger partial charge in [-0.2, -0.15) is 13.2 Å². The summed E-state index contributed by atoms with van der Waals surface area (Å²) in [7, 11) is 0. The Morgan fingerprint density at radius 2 is 1.89 bits per heavy atom. The van der Waals surface area contributed by atoms with Gasteiger partial charge in [-0.25, -0.2) is 0 Å². The molecule has 0 aromatic carbocycles. The highest BCUT2D eigenvalue weighted by Crippen LogP contribution is 2.31. The van der Waals surface area contributed by atoms with Crippen LogP contribution in [0.25, 0.3) is 0 Å². The lowest BCUT2D eigenvalue weighted by Crippen LogP contribution is -2.49. The fourth-order valence-corrected chi connectivity index (χ4v) is 2.11. The van der Waals surface area contributed by atoms with Crippen LogP contribution in [0.3, 0.4) is 0 Å². The number of aliphatic hydroxyl groups is 1. The third-order valence-corrected chi connectivity index (χ3v) is 3.39. The van der Waals surface area contributed by atoms with Crippen LogP contribution in [0.1, 0.15) is 26.2 Å². The van der Waals surface area contributed by atoms with Crippen molar-refractivity contribution in [2.45, 2.75) is 44.5 Å². The Morgan fingerprint density at radius 3 is 2.26 bits per heavy atom. The Hall–Kier alpha value is -0.530. The molecule has 0 bridgehead atoms. The van der Waals surface area contributed by atoms with Crippen molar-refractivity contribution in [2.24, 2.45) is 11.7 Å². The van der Waals surface area contributed by atoms with Gasteiger partial charge in [-0.15, -0.1) is 12.4 Å². The topological polar surface area (TPSA) is 66.6 Å². The van der Waals surface area contributed by atoms with Gasteiger partial charge in [-0.3, -0.25) is 4.79 Å². The van der Waals surface area contributed by atoms with E-state index in [0.717, 1.165) is 0 Å². The number of rotatable bonds is 3. The molecule has 2 atom stereocenters. The molecule has 1 aliphatic heterocycles. The van der Waals surface area contributed by atoms with Crippen LogP contribution in [0.4, 0.5) is 13.2 Å². The van der Waals surface area contributed by atoms with Crippen LogP contribution < -0.4 is 5.73 Å². The fraction of sp³-hybridized carbons (Fsp3) is 0.909. The Morgan fingerprint density at radius 1 is 1.42 bits per heavy atom. The number of alkyl halides is 3. The lowest BCUT2D eigenvalue weighted by Gasteiger charge is -2.35. The molecular formula is C11H20ClF3N2O2. The maximum absolute atomic E-state index is 12.3. The van der Waals surface area contributed by atoms with E-state index in [1.165, 1.54) is 4.90 Å². The number of amides is 1. The van der Waals surface area contributed by atoms with Gasteiger partial charge in [-0.05, 0) is 25.2 Å². The summed E-state index contributed by atoms with van der Waals surface area (Å²) in [6, 6.07) is -0.589. The highest BCUT2D eigenvalue weighted by molar-refractivity contribution is 5.85. The maximum atomic E-state index is 12.3. The van der Waals surface area contributed by atoms with Crippen LogP contribution in [0.15, 0.2) is 0 Å². The summed E-state index contributed by atoms with van der Waals surface area (Å²) in [6.45, 7) is 2.23. The van der Waals surface area contributed by atoms with Crippen molar-refractivity contribution in [1.82, 2.24) is 4.90 Å². The smallest absolute Gasteiger partial charge is 0.383 e. The first-order valence-corrected chi connectivity index (χ1v) is 6.06. The van der Waals surface area contributed by atoms with Crippen LogP contribution in [-0.4, -0.2) is 47.3 Å². The van der Waals surface area contributed by atoms with Crippen molar-refractivity contribution in [1.29, 1.82) is 0 Å². The van der Waals surface area contributed by atoms with Crippen LogP contribution in [0.2, 0.25) is 0 Å². The number of hydrogen-bond donors (Lipinski definition) is 2. The summed E-state index contributed by atoms with van der Waals surface area (Å²) in [4.78, 5) is 13.2. The number of halogens is 4. The van der Waals surface area contributed by atoms with Crippen molar-refractivity contribution in [3.8, 4) is 0 Å². The Labute approximate surface area is 116 Å². The minimum absolute atomic E-state index is 0. The van der Waals surface area contributed by atoms with E-state index in [1.807, 2.05) is 0 Å². The number of piperidine rings is 1. The molecule has 0 saturated carbocycles. The van der Waals surface area contributed by atoms with Gasteiger partial charge < -0.3 is 15.7 Å². The molecule has 1 amide bonds. The number of nitrogens with zero attached hydrogens (tertiary/aromatic N) is 1. The van der Waals surface area contributed by atoms with Crippen molar-refractivity contribution in [2.75, 3.05) is 13.1 Å². The van der Waals surface area contributed by atoms with E-state index in [0.29, 0.717) is 6.42 Å². The molecule has 1 heterocycles. The monoisotopic (exact) mass is 304 g/mol. The number of likely N-dealkylation sites (tertiary alicyclic amines) is 1. The van der Waals surface area contributed by atoms with E-state index in [-0.39, 0.29) is 44.2 Å². The molecule has 19 heavy (non-hydrogen) atoms. The standard InChI is InChI=1S/C11H19F3N2O2.ClH/c1-2-8(15)10(18)16-5-3-7(4-6-16)9(17)11(12,13)14;/h7-9,17H,2-6,15H2,1H3;1H. The minimum atomic E-state index is -4.59. The summed E-state index contributed by atoms with van der Waals surface area (Å²) < 4.78 is 37.0. The zero-order valence-corrected chi connectivity index (χ0v) is 11.5. The quantitative estimate of drug-likeness (QED) is 0.826. The van der Waals surface area contributed by atoms with Gasteiger partial charge in [0.1, 0.15) is 0 Å². The fourth-order valence-electron chi connectivity index (χ4n) is 2.11. The predicted molar refractivity (Wildman–Crippen MR) is 66.9 cm³/mol. The Bertz CT molecular complexity index is 294.